The van der Waals surface area contributed by atoms with Gasteiger partial charge in [-0.2, -0.15) is 0 Å². The first-order chi connectivity index (χ1) is 9.51. The van der Waals surface area contributed by atoms with Gasteiger partial charge in [-0.3, -0.25) is 9.59 Å². The van der Waals surface area contributed by atoms with Crippen LogP contribution < -0.4 is 4.74 Å². The SMILES string of the molecule is COc1cccc(CC(C(=O)O)N2CC(=O)CC2=O)c1. The summed E-state index contributed by atoms with van der Waals surface area (Å²) in [4.78, 5) is 35.4. The maximum atomic E-state index is 11.7. The van der Waals surface area contributed by atoms with Crippen molar-refractivity contribution in [3.8, 4) is 5.75 Å². The minimum atomic E-state index is -1.11. The number of rotatable bonds is 5. The number of methoxy groups -OCH3 is 1. The van der Waals surface area contributed by atoms with Gasteiger partial charge < -0.3 is 14.7 Å². The summed E-state index contributed by atoms with van der Waals surface area (Å²) >= 11 is 0. The number of amides is 1. The van der Waals surface area contributed by atoms with Gasteiger partial charge in [-0.1, -0.05) is 12.1 Å². The molecule has 0 aliphatic carbocycles. The number of aliphatic carboxylic acids is 1. The molecule has 0 spiro atoms. The molecule has 6 nitrogen and oxygen atoms in total. The summed E-state index contributed by atoms with van der Waals surface area (Å²) in [7, 11) is 1.52. The van der Waals surface area contributed by atoms with Crippen molar-refractivity contribution in [3.63, 3.8) is 0 Å². The average molecular weight is 277 g/mol. The first kappa shape index (κ1) is 14.0. The molecule has 1 aromatic carbocycles. The second-order valence-corrected chi connectivity index (χ2v) is 4.65. The third-order valence-corrected chi connectivity index (χ3v) is 3.24. The van der Waals surface area contributed by atoms with E-state index in [2.05, 4.69) is 0 Å². The average Bonchev–Trinajstić information content (AvgIpc) is 2.74. The van der Waals surface area contributed by atoms with Crippen molar-refractivity contribution in [2.75, 3.05) is 13.7 Å². The van der Waals surface area contributed by atoms with E-state index in [0.29, 0.717) is 5.75 Å². The largest absolute Gasteiger partial charge is 0.497 e. The van der Waals surface area contributed by atoms with Crippen molar-refractivity contribution >= 4 is 17.7 Å². The van der Waals surface area contributed by atoms with E-state index in [1.54, 1.807) is 24.3 Å². The van der Waals surface area contributed by atoms with E-state index < -0.39 is 17.9 Å². The third kappa shape index (κ3) is 2.96. The van der Waals surface area contributed by atoms with Gasteiger partial charge >= 0.3 is 5.97 Å². The van der Waals surface area contributed by atoms with E-state index in [-0.39, 0.29) is 25.2 Å². The number of benzene rings is 1. The van der Waals surface area contributed by atoms with E-state index in [1.807, 2.05) is 0 Å². The van der Waals surface area contributed by atoms with Crippen LogP contribution in [0.4, 0.5) is 0 Å². The van der Waals surface area contributed by atoms with Gasteiger partial charge in [0.2, 0.25) is 5.91 Å². The molecule has 1 heterocycles. The molecule has 0 bridgehead atoms. The molecular weight excluding hydrogens is 262 g/mol. The summed E-state index contributed by atoms with van der Waals surface area (Å²) in [6, 6.07) is 5.97. The van der Waals surface area contributed by atoms with Gasteiger partial charge in [-0.15, -0.1) is 0 Å². The number of hydrogen-bond donors (Lipinski definition) is 1. The number of nitrogens with zero attached hydrogens (tertiary/aromatic N) is 1. The summed E-state index contributed by atoms with van der Waals surface area (Å²) in [6.07, 6.45) is -0.0621. The molecular formula is C14H15NO5. The van der Waals surface area contributed by atoms with Crippen LogP contribution in [0.3, 0.4) is 0 Å². The minimum absolute atomic E-state index is 0.125. The normalized spacial score (nSPS) is 16.4. The molecule has 1 fully saturated rings. The number of Topliss-reactive ketones (excluding diaryl/α,β-unsaturated/α-hetero) is 1. The number of hydrogen-bond acceptors (Lipinski definition) is 4. The first-order valence-electron chi connectivity index (χ1n) is 6.18. The fraction of sp³-hybridized carbons (Fsp3) is 0.357. The standard InChI is InChI=1S/C14H15NO5/c1-20-11-4-2-3-9(5-11)6-12(14(18)19)15-8-10(16)7-13(15)17/h2-5,12H,6-8H2,1H3,(H,18,19). The van der Waals surface area contributed by atoms with E-state index in [0.717, 1.165) is 10.5 Å². The lowest BCUT2D eigenvalue weighted by molar-refractivity contribution is -0.148. The van der Waals surface area contributed by atoms with Gasteiger partial charge in [-0.05, 0) is 17.7 Å². The van der Waals surface area contributed by atoms with E-state index >= 15 is 0 Å². The maximum Gasteiger partial charge on any atom is 0.326 e. The quantitative estimate of drug-likeness (QED) is 0.792. The van der Waals surface area contributed by atoms with Crippen molar-refractivity contribution in [2.24, 2.45) is 0 Å². The number of ketones is 1. The smallest absolute Gasteiger partial charge is 0.326 e. The summed E-state index contributed by atoms with van der Waals surface area (Å²) in [5.74, 6) is -1.16. The summed E-state index contributed by atoms with van der Waals surface area (Å²) in [5.41, 5.74) is 0.740. The molecule has 1 N–H and O–H groups in total. The lowest BCUT2D eigenvalue weighted by atomic mass is 10.0. The zero-order valence-electron chi connectivity index (χ0n) is 11.0. The molecule has 0 radical (unpaired) electrons. The van der Waals surface area contributed by atoms with Crippen LogP contribution in [0.1, 0.15) is 12.0 Å². The zero-order chi connectivity index (χ0) is 14.7. The summed E-state index contributed by atoms with van der Waals surface area (Å²) in [6.45, 7) is -0.125. The fourth-order valence-corrected chi connectivity index (χ4v) is 2.24. The van der Waals surface area contributed by atoms with E-state index in [4.69, 9.17) is 4.74 Å². The van der Waals surface area contributed by atoms with Crippen molar-refractivity contribution in [1.29, 1.82) is 0 Å². The molecule has 6 heteroatoms. The number of carboxylic acid groups (broad SMARTS) is 1. The second-order valence-electron chi connectivity index (χ2n) is 4.65. The summed E-state index contributed by atoms with van der Waals surface area (Å²) < 4.78 is 5.08. The molecule has 1 aromatic rings. The highest BCUT2D eigenvalue weighted by Crippen LogP contribution is 2.19. The van der Waals surface area contributed by atoms with Gasteiger partial charge in [0.15, 0.2) is 5.78 Å². The van der Waals surface area contributed by atoms with Gasteiger partial charge in [-0.25, -0.2) is 4.79 Å². The number of carbonyl (C=O) groups is 3. The third-order valence-electron chi connectivity index (χ3n) is 3.24. The van der Waals surface area contributed by atoms with Crippen molar-refractivity contribution < 1.29 is 24.2 Å². The Kier molecular flexibility index (Phi) is 4.02. The Morgan fingerprint density at radius 1 is 1.45 bits per heavy atom. The van der Waals surface area contributed by atoms with Gasteiger partial charge in [0.25, 0.3) is 0 Å². The molecule has 1 amide bonds. The molecule has 0 saturated carbocycles. The molecule has 106 valence electrons. The molecule has 0 aromatic heterocycles. The Morgan fingerprint density at radius 3 is 2.75 bits per heavy atom. The van der Waals surface area contributed by atoms with E-state index in [9.17, 15) is 19.5 Å². The van der Waals surface area contributed by atoms with Crippen LogP contribution in [-0.2, 0) is 20.8 Å². The fourth-order valence-electron chi connectivity index (χ4n) is 2.24. The molecule has 20 heavy (non-hydrogen) atoms. The number of carbonyl (C=O) groups excluding carboxylic acids is 2. The van der Waals surface area contributed by atoms with Crippen LogP contribution in [0.5, 0.6) is 5.75 Å². The molecule has 1 aliphatic heterocycles. The Morgan fingerprint density at radius 2 is 2.20 bits per heavy atom. The molecule has 1 aliphatic rings. The molecule has 1 saturated heterocycles. The topological polar surface area (TPSA) is 83.9 Å². The Hall–Kier alpha value is -2.37. The van der Waals surface area contributed by atoms with Crippen LogP contribution >= 0.6 is 0 Å². The minimum Gasteiger partial charge on any atom is -0.497 e. The van der Waals surface area contributed by atoms with Crippen molar-refractivity contribution in [3.05, 3.63) is 29.8 Å². The van der Waals surface area contributed by atoms with E-state index in [1.165, 1.54) is 7.11 Å². The predicted molar refractivity (Wildman–Crippen MR) is 69.5 cm³/mol. The van der Waals surface area contributed by atoms with Crippen molar-refractivity contribution in [1.82, 2.24) is 4.90 Å². The predicted octanol–water partition coefficient (Wildman–Crippen LogP) is 0.492. The Labute approximate surface area is 115 Å². The molecule has 1 atom stereocenters. The summed E-state index contributed by atoms with van der Waals surface area (Å²) in [5, 5.41) is 9.29. The molecule has 1 unspecified atom stereocenters. The van der Waals surface area contributed by atoms with Gasteiger partial charge in [0.1, 0.15) is 11.8 Å². The maximum absolute atomic E-state index is 11.7. The highest BCUT2D eigenvalue weighted by molar-refractivity contribution is 6.06. The second kappa shape index (κ2) is 5.73. The highest BCUT2D eigenvalue weighted by atomic mass is 16.5. The highest BCUT2D eigenvalue weighted by Gasteiger charge is 2.36. The monoisotopic (exact) mass is 277 g/mol. The van der Waals surface area contributed by atoms with Gasteiger partial charge in [0.05, 0.1) is 20.1 Å². The van der Waals surface area contributed by atoms with Crippen molar-refractivity contribution in [2.45, 2.75) is 18.9 Å². The Balaban J connectivity index is 2.19. The number of ether oxygens (including phenoxy) is 1. The van der Waals surface area contributed by atoms with Crippen LogP contribution in [0.15, 0.2) is 24.3 Å². The first-order valence-corrected chi connectivity index (χ1v) is 6.18. The van der Waals surface area contributed by atoms with Gasteiger partial charge in [0, 0.05) is 6.42 Å². The van der Waals surface area contributed by atoms with Crippen LogP contribution in [0.2, 0.25) is 0 Å². The molecule has 2 rings (SSSR count). The number of carboxylic acids is 1. The van der Waals surface area contributed by atoms with Crippen LogP contribution in [-0.4, -0.2) is 47.4 Å². The van der Waals surface area contributed by atoms with Crippen LogP contribution in [0, 0.1) is 0 Å². The van der Waals surface area contributed by atoms with Crippen LogP contribution in [0.25, 0.3) is 0 Å². The zero-order valence-corrected chi connectivity index (χ0v) is 11.0. The lowest BCUT2D eigenvalue weighted by Crippen LogP contribution is -2.43. The Bertz CT molecular complexity index is 554. The lowest BCUT2D eigenvalue weighted by Gasteiger charge is -2.23. The number of likely N-dealkylation sites (tertiary alicyclic amines) is 1.